The van der Waals surface area contributed by atoms with Crippen molar-refractivity contribution in [2.75, 3.05) is 7.11 Å². The van der Waals surface area contributed by atoms with Gasteiger partial charge in [-0.1, -0.05) is 17.9 Å². The standard InChI is InChI=1S/C16H13NO5S/c1-22-14-6-2-12(3-7-14)4-8-15(23(19,20)21)13-5-9-16(18)17-11-10-13/h2-3,5-7,9-11,15H,1H3,(H,19,20,21). The Labute approximate surface area is 133 Å². The Morgan fingerprint density at radius 1 is 1.13 bits per heavy atom. The smallest absolute Gasteiger partial charge is 0.283 e. The molecule has 0 bridgehead atoms. The van der Waals surface area contributed by atoms with Gasteiger partial charge in [-0.05, 0) is 35.9 Å². The fourth-order valence-electron chi connectivity index (χ4n) is 1.79. The predicted molar refractivity (Wildman–Crippen MR) is 84.7 cm³/mol. The van der Waals surface area contributed by atoms with Crippen molar-refractivity contribution in [3.8, 4) is 17.6 Å². The summed E-state index contributed by atoms with van der Waals surface area (Å²) in [7, 11) is -2.94. The maximum atomic E-state index is 11.6. The highest BCUT2D eigenvalue weighted by Gasteiger charge is 2.22. The molecule has 1 N–H and O–H groups in total. The molecule has 6 nitrogen and oxygen atoms in total. The molecule has 23 heavy (non-hydrogen) atoms. The van der Waals surface area contributed by atoms with Gasteiger partial charge >= 0.3 is 0 Å². The second-order valence-electron chi connectivity index (χ2n) is 4.51. The van der Waals surface area contributed by atoms with Gasteiger partial charge in [0.15, 0.2) is 5.25 Å². The van der Waals surface area contributed by atoms with Crippen molar-refractivity contribution in [1.29, 1.82) is 0 Å². The first kappa shape index (κ1) is 16.7. The first-order valence-corrected chi connectivity index (χ1v) is 7.98. The molecule has 1 aromatic carbocycles. The van der Waals surface area contributed by atoms with Gasteiger partial charge in [-0.15, -0.1) is 0 Å². The normalized spacial score (nSPS) is 11.9. The molecule has 1 aromatic heterocycles. The number of hydrogen-bond donors (Lipinski definition) is 1. The van der Waals surface area contributed by atoms with E-state index in [-0.39, 0.29) is 5.56 Å². The summed E-state index contributed by atoms with van der Waals surface area (Å²) in [5.41, 5.74) is 0.193. The summed E-state index contributed by atoms with van der Waals surface area (Å²) in [6, 6.07) is 10.4. The molecule has 0 aliphatic rings. The summed E-state index contributed by atoms with van der Waals surface area (Å²) in [5, 5.41) is -1.47. The van der Waals surface area contributed by atoms with Gasteiger partial charge in [-0.25, -0.2) is 4.98 Å². The number of rotatable bonds is 3. The molecule has 118 valence electrons. The van der Waals surface area contributed by atoms with Gasteiger partial charge in [0.2, 0.25) is 0 Å². The van der Waals surface area contributed by atoms with Crippen LogP contribution in [0.4, 0.5) is 0 Å². The van der Waals surface area contributed by atoms with Crippen LogP contribution in [0.1, 0.15) is 16.4 Å². The van der Waals surface area contributed by atoms with Gasteiger partial charge in [0.25, 0.3) is 15.7 Å². The first-order chi connectivity index (χ1) is 10.9. The fraction of sp³-hybridized carbons (Fsp3) is 0.125. The zero-order valence-electron chi connectivity index (χ0n) is 12.1. The van der Waals surface area contributed by atoms with Crippen molar-refractivity contribution < 1.29 is 17.7 Å². The van der Waals surface area contributed by atoms with Crippen LogP contribution in [0, 0.1) is 11.8 Å². The SMILES string of the molecule is COc1ccc(C#CC(c2ccnc(=O)cc2)S(=O)(=O)O)cc1. The summed E-state index contributed by atoms with van der Waals surface area (Å²) >= 11 is 0. The minimum absolute atomic E-state index is 0.156. The molecule has 2 rings (SSSR count). The van der Waals surface area contributed by atoms with Gasteiger partial charge in [0.1, 0.15) is 5.75 Å². The van der Waals surface area contributed by atoms with E-state index in [1.54, 1.807) is 24.3 Å². The summed E-state index contributed by atoms with van der Waals surface area (Å²) in [6.45, 7) is 0. The van der Waals surface area contributed by atoms with Crippen LogP contribution in [-0.4, -0.2) is 25.1 Å². The Bertz CT molecular complexity index is 911. The summed E-state index contributed by atoms with van der Waals surface area (Å²) < 4.78 is 37.6. The van der Waals surface area contributed by atoms with Crippen molar-refractivity contribution in [3.05, 3.63) is 70.1 Å². The Balaban J connectivity index is 2.43. The third-order valence-corrected chi connectivity index (χ3v) is 3.91. The monoisotopic (exact) mass is 331 g/mol. The second-order valence-corrected chi connectivity index (χ2v) is 6.01. The molecule has 7 heteroatoms. The van der Waals surface area contributed by atoms with Crippen LogP contribution < -0.4 is 10.3 Å². The van der Waals surface area contributed by atoms with Crippen molar-refractivity contribution in [1.82, 2.24) is 4.98 Å². The zero-order chi connectivity index (χ0) is 16.9. The molecule has 0 radical (unpaired) electrons. The molecular weight excluding hydrogens is 318 g/mol. The molecule has 1 heterocycles. The van der Waals surface area contributed by atoms with Gasteiger partial charge in [-0.3, -0.25) is 9.35 Å². The van der Waals surface area contributed by atoms with Crippen molar-refractivity contribution in [2.24, 2.45) is 0 Å². The molecular formula is C16H13NO5S. The molecule has 2 aromatic rings. The lowest BCUT2D eigenvalue weighted by atomic mass is 10.1. The minimum atomic E-state index is -4.47. The molecule has 0 aliphatic carbocycles. The van der Waals surface area contributed by atoms with E-state index in [0.717, 1.165) is 6.07 Å². The molecule has 0 spiro atoms. The fourth-order valence-corrected chi connectivity index (χ4v) is 2.50. The molecule has 0 amide bonds. The number of aromatic nitrogens is 1. The zero-order valence-corrected chi connectivity index (χ0v) is 12.9. The Kier molecular flexibility index (Phi) is 5.11. The average molecular weight is 331 g/mol. The third-order valence-electron chi connectivity index (χ3n) is 2.93. The highest BCUT2D eigenvalue weighted by Crippen LogP contribution is 2.19. The van der Waals surface area contributed by atoms with E-state index >= 15 is 0 Å². The van der Waals surface area contributed by atoms with Gasteiger partial charge in [-0.2, -0.15) is 8.42 Å². The van der Waals surface area contributed by atoms with Gasteiger partial charge < -0.3 is 4.74 Å². The summed E-state index contributed by atoms with van der Waals surface area (Å²) in [6.07, 6.45) is 1.17. The maximum absolute atomic E-state index is 11.6. The number of methoxy groups -OCH3 is 1. The molecule has 0 saturated carbocycles. The minimum Gasteiger partial charge on any atom is -0.497 e. The van der Waals surface area contributed by atoms with Gasteiger partial charge in [0, 0.05) is 17.8 Å². The molecule has 1 atom stereocenters. The van der Waals surface area contributed by atoms with Crippen LogP contribution in [0.15, 0.2) is 53.5 Å². The van der Waals surface area contributed by atoms with Crippen LogP contribution in [0.25, 0.3) is 0 Å². The van der Waals surface area contributed by atoms with Crippen molar-refractivity contribution in [2.45, 2.75) is 5.25 Å². The van der Waals surface area contributed by atoms with Crippen molar-refractivity contribution >= 4 is 10.1 Å². The summed E-state index contributed by atoms with van der Waals surface area (Å²) in [4.78, 5) is 14.7. The molecule has 0 saturated heterocycles. The number of hydrogen-bond acceptors (Lipinski definition) is 5. The average Bonchev–Trinajstić information content (AvgIpc) is 2.72. The van der Waals surface area contributed by atoms with E-state index < -0.39 is 20.9 Å². The van der Waals surface area contributed by atoms with E-state index in [9.17, 15) is 17.8 Å². The first-order valence-electron chi connectivity index (χ1n) is 6.48. The lowest BCUT2D eigenvalue weighted by Crippen LogP contribution is -2.10. The van der Waals surface area contributed by atoms with Crippen LogP contribution in [0.3, 0.4) is 0 Å². The van der Waals surface area contributed by atoms with Crippen LogP contribution in [0.5, 0.6) is 5.75 Å². The maximum Gasteiger partial charge on any atom is 0.283 e. The predicted octanol–water partition coefficient (Wildman–Crippen LogP) is 1.43. The van der Waals surface area contributed by atoms with E-state index in [1.807, 2.05) is 0 Å². The highest BCUT2D eigenvalue weighted by atomic mass is 32.2. The Hall–Kier alpha value is -2.69. The Morgan fingerprint density at radius 3 is 2.43 bits per heavy atom. The van der Waals surface area contributed by atoms with E-state index in [1.165, 1.54) is 25.4 Å². The van der Waals surface area contributed by atoms with E-state index in [0.29, 0.717) is 11.3 Å². The molecule has 0 aliphatic heterocycles. The van der Waals surface area contributed by atoms with Crippen LogP contribution >= 0.6 is 0 Å². The van der Waals surface area contributed by atoms with Gasteiger partial charge in [0.05, 0.1) is 7.11 Å². The highest BCUT2D eigenvalue weighted by molar-refractivity contribution is 7.86. The third kappa shape index (κ3) is 4.64. The lowest BCUT2D eigenvalue weighted by molar-refractivity contribution is 0.415. The van der Waals surface area contributed by atoms with Crippen LogP contribution in [-0.2, 0) is 10.1 Å². The summed E-state index contributed by atoms with van der Waals surface area (Å²) in [5.74, 6) is 5.83. The number of ether oxygens (including phenoxy) is 1. The topological polar surface area (TPSA) is 93.6 Å². The second kappa shape index (κ2) is 7.05. The number of benzene rings is 1. The quantitative estimate of drug-likeness (QED) is 0.675. The van der Waals surface area contributed by atoms with Crippen molar-refractivity contribution in [3.63, 3.8) is 0 Å². The lowest BCUT2D eigenvalue weighted by Gasteiger charge is -2.05. The molecule has 0 fully saturated rings. The number of nitrogens with zero attached hydrogens (tertiary/aromatic N) is 1. The largest absolute Gasteiger partial charge is 0.497 e. The van der Waals surface area contributed by atoms with E-state index in [2.05, 4.69) is 16.8 Å². The Morgan fingerprint density at radius 2 is 1.83 bits per heavy atom. The van der Waals surface area contributed by atoms with Crippen LogP contribution in [0.2, 0.25) is 0 Å². The van der Waals surface area contributed by atoms with E-state index in [4.69, 9.17) is 4.74 Å². The molecule has 1 unspecified atom stereocenters.